The Hall–Kier alpha value is -4.57. The van der Waals surface area contributed by atoms with Crippen LogP contribution in [-0.2, 0) is 9.59 Å². The molecule has 186 valence electrons. The Balaban J connectivity index is 1.74. The number of ketones is 1. The van der Waals surface area contributed by atoms with Crippen molar-refractivity contribution in [3.8, 4) is 5.75 Å². The number of thiazole rings is 1. The second kappa shape index (κ2) is 9.14. The molecule has 1 N–H and O–H groups in total. The molecule has 3 aromatic carbocycles. The van der Waals surface area contributed by atoms with Crippen LogP contribution in [0.1, 0.15) is 28.3 Å². The molecule has 4 aromatic rings. The van der Waals surface area contributed by atoms with E-state index in [-0.39, 0.29) is 22.2 Å². The molecule has 1 unspecified atom stereocenters. The van der Waals surface area contributed by atoms with E-state index in [4.69, 9.17) is 4.74 Å². The number of hydrogen-bond acceptors (Lipinski definition) is 8. The standard InChI is InChI=1S/C27H21N3O6S/c1-14-4-5-15(2)19(12-14)24(31)22-23(16-6-8-17(9-7-16)30(34)35)29(26(33)25(22)32)27-28-20-11-10-18(36-3)13-21(20)37-27/h4-13,23,31H,1-3H3/b24-22+. The number of hydrogen-bond donors (Lipinski definition) is 1. The fourth-order valence-corrected chi connectivity index (χ4v) is 5.40. The van der Waals surface area contributed by atoms with Crippen molar-refractivity contribution in [2.24, 2.45) is 0 Å². The van der Waals surface area contributed by atoms with E-state index < -0.39 is 22.7 Å². The van der Waals surface area contributed by atoms with Crippen LogP contribution in [0.3, 0.4) is 0 Å². The third kappa shape index (κ3) is 4.11. The number of non-ortho nitro benzene ring substituents is 1. The molecule has 0 spiro atoms. The summed E-state index contributed by atoms with van der Waals surface area (Å²) in [5, 5.41) is 22.9. The van der Waals surface area contributed by atoms with Crippen molar-refractivity contribution in [3.63, 3.8) is 0 Å². The van der Waals surface area contributed by atoms with Gasteiger partial charge >= 0.3 is 5.91 Å². The molecule has 1 saturated heterocycles. The highest BCUT2D eigenvalue weighted by Gasteiger charge is 2.48. The molecule has 1 aliphatic heterocycles. The minimum Gasteiger partial charge on any atom is -0.507 e. The Morgan fingerprint density at radius 1 is 1.08 bits per heavy atom. The Morgan fingerprint density at radius 2 is 1.81 bits per heavy atom. The number of benzene rings is 3. The van der Waals surface area contributed by atoms with E-state index in [0.717, 1.165) is 15.8 Å². The van der Waals surface area contributed by atoms with Gasteiger partial charge in [0.05, 0.1) is 33.9 Å². The summed E-state index contributed by atoms with van der Waals surface area (Å²) < 4.78 is 6.03. The van der Waals surface area contributed by atoms with E-state index in [1.807, 2.05) is 19.1 Å². The van der Waals surface area contributed by atoms with Crippen LogP contribution in [-0.4, -0.2) is 33.8 Å². The average Bonchev–Trinajstić information content (AvgIpc) is 3.42. The summed E-state index contributed by atoms with van der Waals surface area (Å²) in [5.74, 6) is -1.40. The molecule has 9 nitrogen and oxygen atoms in total. The van der Waals surface area contributed by atoms with Gasteiger partial charge in [-0.05, 0) is 61.4 Å². The van der Waals surface area contributed by atoms with Crippen molar-refractivity contribution in [1.29, 1.82) is 0 Å². The first-order valence-corrected chi connectivity index (χ1v) is 12.1. The molecule has 0 saturated carbocycles. The van der Waals surface area contributed by atoms with Gasteiger partial charge in [0.25, 0.3) is 11.5 Å². The number of carbonyl (C=O) groups is 2. The number of methoxy groups -OCH3 is 1. The summed E-state index contributed by atoms with van der Waals surface area (Å²) in [6.45, 7) is 3.66. The molecule has 1 fully saturated rings. The summed E-state index contributed by atoms with van der Waals surface area (Å²) in [6.07, 6.45) is 0. The molecular formula is C27H21N3O6S. The number of aliphatic hydroxyl groups is 1. The number of anilines is 1. The third-order valence-electron chi connectivity index (χ3n) is 6.30. The van der Waals surface area contributed by atoms with Crippen LogP contribution < -0.4 is 9.64 Å². The third-order valence-corrected chi connectivity index (χ3v) is 7.32. The van der Waals surface area contributed by atoms with Crippen molar-refractivity contribution in [2.75, 3.05) is 12.0 Å². The van der Waals surface area contributed by atoms with E-state index in [9.17, 15) is 24.8 Å². The topological polar surface area (TPSA) is 123 Å². The van der Waals surface area contributed by atoms with Crippen LogP contribution in [0.5, 0.6) is 5.75 Å². The number of nitro benzene ring substituents is 1. The highest BCUT2D eigenvalue weighted by molar-refractivity contribution is 7.22. The predicted octanol–water partition coefficient (Wildman–Crippen LogP) is 5.46. The van der Waals surface area contributed by atoms with Gasteiger partial charge in [0, 0.05) is 17.7 Å². The molecule has 1 aliphatic rings. The lowest BCUT2D eigenvalue weighted by molar-refractivity contribution is -0.384. The van der Waals surface area contributed by atoms with Gasteiger partial charge in [0.2, 0.25) is 0 Å². The van der Waals surface area contributed by atoms with E-state index in [1.165, 1.54) is 40.5 Å². The first kappa shape index (κ1) is 24.1. The van der Waals surface area contributed by atoms with Crippen LogP contribution in [0.2, 0.25) is 0 Å². The van der Waals surface area contributed by atoms with Crippen LogP contribution in [0.25, 0.3) is 16.0 Å². The molecule has 0 bridgehead atoms. The maximum atomic E-state index is 13.4. The van der Waals surface area contributed by atoms with Crippen molar-refractivity contribution in [3.05, 3.63) is 98.6 Å². The zero-order valence-electron chi connectivity index (χ0n) is 20.1. The Bertz CT molecular complexity index is 1620. The number of nitro groups is 1. The van der Waals surface area contributed by atoms with E-state index in [2.05, 4.69) is 4.98 Å². The van der Waals surface area contributed by atoms with E-state index >= 15 is 0 Å². The molecule has 5 rings (SSSR count). The highest BCUT2D eigenvalue weighted by atomic mass is 32.1. The van der Waals surface area contributed by atoms with Gasteiger partial charge in [-0.3, -0.25) is 24.6 Å². The first-order chi connectivity index (χ1) is 17.7. The van der Waals surface area contributed by atoms with E-state index in [0.29, 0.717) is 22.4 Å². The van der Waals surface area contributed by atoms with Crippen molar-refractivity contribution in [1.82, 2.24) is 4.98 Å². The summed E-state index contributed by atoms with van der Waals surface area (Å²) >= 11 is 1.20. The van der Waals surface area contributed by atoms with Crippen LogP contribution in [0, 0.1) is 24.0 Å². The van der Waals surface area contributed by atoms with Crippen LogP contribution in [0.15, 0.2) is 66.2 Å². The van der Waals surface area contributed by atoms with Gasteiger partial charge in [-0.25, -0.2) is 4.98 Å². The lowest BCUT2D eigenvalue weighted by Crippen LogP contribution is -2.29. The maximum absolute atomic E-state index is 13.4. The van der Waals surface area contributed by atoms with Crippen molar-refractivity contribution >= 4 is 49.8 Å². The molecule has 10 heteroatoms. The minimum atomic E-state index is -1.04. The monoisotopic (exact) mass is 515 g/mol. The number of fused-ring (bicyclic) bond motifs is 1. The van der Waals surface area contributed by atoms with Crippen molar-refractivity contribution < 1.29 is 24.4 Å². The largest absolute Gasteiger partial charge is 0.507 e. The number of carbonyl (C=O) groups excluding carboxylic acids is 2. The second-order valence-corrected chi connectivity index (χ2v) is 9.68. The van der Waals surface area contributed by atoms with Gasteiger partial charge in [-0.15, -0.1) is 0 Å². The minimum absolute atomic E-state index is 0.107. The SMILES string of the molecule is COc1ccc2nc(N3C(=O)C(=O)/C(=C(/O)c4cc(C)ccc4C)C3c3ccc([N+](=O)[O-])cc3)sc2c1. The highest BCUT2D eigenvalue weighted by Crippen LogP contribution is 2.45. The predicted molar refractivity (Wildman–Crippen MR) is 140 cm³/mol. The van der Waals surface area contributed by atoms with Gasteiger partial charge in [-0.2, -0.15) is 0 Å². The normalized spacial score (nSPS) is 16.9. The molecule has 0 radical (unpaired) electrons. The van der Waals surface area contributed by atoms with Gasteiger partial charge < -0.3 is 9.84 Å². The number of amides is 1. The van der Waals surface area contributed by atoms with Gasteiger partial charge in [0.1, 0.15) is 11.5 Å². The molecule has 0 aliphatic carbocycles. The van der Waals surface area contributed by atoms with Crippen molar-refractivity contribution in [2.45, 2.75) is 19.9 Å². The van der Waals surface area contributed by atoms with Gasteiger partial charge in [-0.1, -0.05) is 29.0 Å². The molecule has 2 heterocycles. The number of nitrogens with zero attached hydrogens (tertiary/aromatic N) is 3. The fraction of sp³-hybridized carbons (Fsp3) is 0.148. The number of aryl methyl sites for hydroxylation is 2. The Kier molecular flexibility index (Phi) is 5.96. The zero-order valence-corrected chi connectivity index (χ0v) is 20.9. The zero-order chi connectivity index (χ0) is 26.4. The van der Waals surface area contributed by atoms with Crippen LogP contribution in [0.4, 0.5) is 10.8 Å². The number of Topliss-reactive ketones (excluding diaryl/α,β-unsaturated/α-hetero) is 1. The smallest absolute Gasteiger partial charge is 0.301 e. The number of rotatable bonds is 5. The second-order valence-electron chi connectivity index (χ2n) is 8.67. The fourth-order valence-electron chi connectivity index (χ4n) is 4.38. The number of aromatic nitrogens is 1. The Labute approximate surface area is 215 Å². The van der Waals surface area contributed by atoms with Crippen LogP contribution >= 0.6 is 11.3 Å². The van der Waals surface area contributed by atoms with Gasteiger partial charge in [0.15, 0.2) is 5.13 Å². The molecule has 1 amide bonds. The number of aliphatic hydroxyl groups excluding tert-OH is 1. The lowest BCUT2D eigenvalue weighted by atomic mass is 9.93. The van der Waals surface area contributed by atoms with E-state index in [1.54, 1.807) is 38.3 Å². The molecule has 37 heavy (non-hydrogen) atoms. The lowest BCUT2D eigenvalue weighted by Gasteiger charge is -2.23. The summed E-state index contributed by atoms with van der Waals surface area (Å²) in [4.78, 5) is 43.4. The summed E-state index contributed by atoms with van der Waals surface area (Å²) in [5.41, 5.74) is 2.82. The molecule has 1 atom stereocenters. The summed E-state index contributed by atoms with van der Waals surface area (Å²) in [6, 6.07) is 15.3. The average molecular weight is 516 g/mol. The first-order valence-electron chi connectivity index (χ1n) is 11.3. The maximum Gasteiger partial charge on any atom is 0.301 e. The summed E-state index contributed by atoms with van der Waals surface area (Å²) in [7, 11) is 1.55. The Morgan fingerprint density at radius 3 is 2.49 bits per heavy atom. The molecule has 1 aromatic heterocycles. The quantitative estimate of drug-likeness (QED) is 0.123. The number of ether oxygens (including phenoxy) is 1. The molecular weight excluding hydrogens is 494 g/mol.